The van der Waals surface area contributed by atoms with E-state index in [4.69, 9.17) is 18.9 Å². The van der Waals surface area contributed by atoms with Crippen LogP contribution in [0.1, 0.15) is 96.8 Å². The van der Waals surface area contributed by atoms with E-state index in [1.165, 1.54) is 57.8 Å². The Balaban J connectivity index is 1.66. The lowest BCUT2D eigenvalue weighted by Gasteiger charge is -2.43. The quantitative estimate of drug-likeness (QED) is 0.0718. The average molecular weight is 593 g/mol. The van der Waals surface area contributed by atoms with Crippen LogP contribution in [0.3, 0.4) is 0 Å². The van der Waals surface area contributed by atoms with Gasteiger partial charge in [-0.1, -0.05) is 76.9 Å². The third-order valence-electron chi connectivity index (χ3n) is 7.95. The lowest BCUT2D eigenvalue weighted by atomic mass is 9.99. The molecule has 9 atom stereocenters. The number of ether oxygens (including phenoxy) is 4. The summed E-state index contributed by atoms with van der Waals surface area (Å²) in [5.41, 5.74) is 0. The van der Waals surface area contributed by atoms with E-state index in [9.17, 15) is 35.7 Å². The average Bonchev–Trinajstić information content (AvgIpc) is 3.21. The fourth-order valence-electron chi connectivity index (χ4n) is 5.28. The van der Waals surface area contributed by atoms with Crippen LogP contribution in [0.5, 0.6) is 0 Å². The van der Waals surface area contributed by atoms with Crippen LogP contribution in [-0.2, 0) is 18.9 Å². The zero-order chi connectivity index (χ0) is 30.1. The van der Waals surface area contributed by atoms with Crippen LogP contribution in [0.2, 0.25) is 0 Å². The summed E-state index contributed by atoms with van der Waals surface area (Å²) in [6, 6.07) is 0. The molecule has 0 bridgehead atoms. The van der Waals surface area contributed by atoms with Crippen molar-refractivity contribution in [2.24, 2.45) is 0 Å². The second-order valence-electron chi connectivity index (χ2n) is 11.4. The van der Waals surface area contributed by atoms with Gasteiger partial charge in [0.2, 0.25) is 5.79 Å². The maximum absolute atomic E-state index is 10.7. The molecule has 7 N–H and O–H groups in total. The Kier molecular flexibility index (Phi) is 18.1. The lowest BCUT2D eigenvalue weighted by Crippen LogP contribution is -2.62. The minimum atomic E-state index is -2.01. The topological polar surface area (TPSA) is 179 Å². The molecule has 0 aliphatic carbocycles. The van der Waals surface area contributed by atoms with Crippen LogP contribution in [0.4, 0.5) is 0 Å². The molecule has 2 saturated heterocycles. The summed E-state index contributed by atoms with van der Waals surface area (Å²) in [6.45, 7) is 0.965. The highest BCUT2D eigenvalue weighted by Crippen LogP contribution is 2.36. The molecule has 0 spiro atoms. The normalized spacial score (nSPS) is 34.1. The number of hydrogen-bond acceptors (Lipinski definition) is 11. The smallest absolute Gasteiger partial charge is 0.224 e. The van der Waals surface area contributed by atoms with Crippen molar-refractivity contribution in [1.82, 2.24) is 0 Å². The molecule has 2 heterocycles. The zero-order valence-electron chi connectivity index (χ0n) is 24.8. The number of rotatable bonds is 22. The highest BCUT2D eigenvalue weighted by Gasteiger charge is 2.58. The molecule has 11 heteroatoms. The van der Waals surface area contributed by atoms with Crippen LogP contribution in [0.25, 0.3) is 0 Å². The highest BCUT2D eigenvalue weighted by molar-refractivity contribution is 4.98. The van der Waals surface area contributed by atoms with E-state index >= 15 is 0 Å². The van der Waals surface area contributed by atoms with Crippen molar-refractivity contribution in [3.05, 3.63) is 12.2 Å². The van der Waals surface area contributed by atoms with Crippen molar-refractivity contribution in [2.75, 3.05) is 26.4 Å². The molecule has 0 amide bonds. The Morgan fingerprint density at radius 1 is 0.659 bits per heavy atom. The van der Waals surface area contributed by atoms with Gasteiger partial charge in [-0.2, -0.15) is 0 Å². The Hall–Kier alpha value is -0.700. The van der Waals surface area contributed by atoms with Crippen molar-refractivity contribution in [2.45, 2.75) is 152 Å². The number of aliphatic hydroxyl groups is 7. The Morgan fingerprint density at radius 3 is 1.78 bits per heavy atom. The second kappa shape index (κ2) is 20.3. The fourth-order valence-corrected chi connectivity index (χ4v) is 5.28. The first kappa shape index (κ1) is 36.5. The minimum absolute atomic E-state index is 0.330. The first-order valence-electron chi connectivity index (χ1n) is 15.7. The molecule has 0 radical (unpaired) electrons. The van der Waals surface area contributed by atoms with E-state index in [2.05, 4.69) is 19.1 Å². The van der Waals surface area contributed by atoms with Gasteiger partial charge in [0.25, 0.3) is 0 Å². The molecule has 2 fully saturated rings. The summed E-state index contributed by atoms with van der Waals surface area (Å²) < 4.78 is 22.5. The van der Waals surface area contributed by atoms with Gasteiger partial charge in [0.15, 0.2) is 6.29 Å². The third kappa shape index (κ3) is 11.7. The van der Waals surface area contributed by atoms with E-state index in [-0.39, 0.29) is 6.61 Å². The SMILES string of the molecule is CCCCCCCC/C=C\CCCCCCCCOC[C@@]1(O[C@H]2O[C@H](CO)[C@@H](O)[C@H](O)[C@H]2O)O[C@H](CO)[C@@H](O)[C@@H]1O. The lowest BCUT2D eigenvalue weighted by molar-refractivity contribution is -0.385. The molecule has 2 aliphatic rings. The van der Waals surface area contributed by atoms with Crippen LogP contribution in [0.15, 0.2) is 12.2 Å². The third-order valence-corrected chi connectivity index (χ3v) is 7.95. The van der Waals surface area contributed by atoms with E-state index in [1.54, 1.807) is 0 Å². The molecule has 0 aromatic heterocycles. The van der Waals surface area contributed by atoms with Crippen LogP contribution in [-0.4, -0.2) is 117 Å². The summed E-state index contributed by atoms with van der Waals surface area (Å²) in [5.74, 6) is -2.01. The maximum atomic E-state index is 10.7. The van der Waals surface area contributed by atoms with Gasteiger partial charge in [-0.15, -0.1) is 0 Å². The molecule has 2 aliphatic heterocycles. The molecular weight excluding hydrogens is 536 g/mol. The molecule has 41 heavy (non-hydrogen) atoms. The van der Waals surface area contributed by atoms with Crippen LogP contribution in [0, 0.1) is 0 Å². The van der Waals surface area contributed by atoms with Gasteiger partial charge >= 0.3 is 0 Å². The first-order valence-corrected chi connectivity index (χ1v) is 15.7. The van der Waals surface area contributed by atoms with Gasteiger partial charge in [0.1, 0.15) is 49.3 Å². The molecule has 11 nitrogen and oxygen atoms in total. The predicted octanol–water partition coefficient (Wildman–Crippen LogP) is 1.67. The van der Waals surface area contributed by atoms with Gasteiger partial charge in [-0.3, -0.25) is 0 Å². The molecule has 2 rings (SSSR count). The van der Waals surface area contributed by atoms with Gasteiger partial charge in [-0.25, -0.2) is 0 Å². The van der Waals surface area contributed by atoms with E-state index < -0.39 is 68.0 Å². The standard InChI is InChI=1S/C30H56O11/c1-2-3-4-5-6-7-8-9-10-11-12-13-14-15-16-17-18-38-21-30(28(37)25(34)23(20-32)40-30)41-29-27(36)26(35)24(33)22(19-31)39-29/h9-10,22-29,31-37H,2-8,11-21H2,1H3/b10-9-/t22-,23-,24-,25-,26+,27-,28+,29-,30+/m1/s1. The summed E-state index contributed by atoms with van der Waals surface area (Å²) in [4.78, 5) is 0. The van der Waals surface area contributed by atoms with E-state index in [0.29, 0.717) is 6.61 Å². The molecule has 0 aromatic rings. The number of unbranched alkanes of at least 4 members (excludes halogenated alkanes) is 12. The monoisotopic (exact) mass is 592 g/mol. The molecule has 0 saturated carbocycles. The van der Waals surface area contributed by atoms with Crippen molar-refractivity contribution >= 4 is 0 Å². The largest absolute Gasteiger partial charge is 0.394 e. The number of hydrogen-bond donors (Lipinski definition) is 7. The zero-order valence-corrected chi connectivity index (χ0v) is 24.8. The molecule has 0 aromatic carbocycles. The summed E-state index contributed by atoms with van der Waals surface area (Å²) >= 11 is 0. The van der Waals surface area contributed by atoms with E-state index in [0.717, 1.165) is 32.1 Å². The Bertz CT molecular complexity index is 693. The van der Waals surface area contributed by atoms with Crippen molar-refractivity contribution in [3.8, 4) is 0 Å². The Labute approximate surface area is 245 Å². The number of aliphatic hydroxyl groups excluding tert-OH is 7. The number of allylic oxidation sites excluding steroid dienone is 2. The highest BCUT2D eigenvalue weighted by atomic mass is 16.8. The van der Waals surface area contributed by atoms with Gasteiger partial charge in [0.05, 0.1) is 13.2 Å². The van der Waals surface area contributed by atoms with Gasteiger partial charge < -0.3 is 54.7 Å². The summed E-state index contributed by atoms with van der Waals surface area (Å²) in [6.07, 6.45) is 9.01. The van der Waals surface area contributed by atoms with Crippen molar-refractivity contribution in [1.29, 1.82) is 0 Å². The van der Waals surface area contributed by atoms with Gasteiger partial charge in [0, 0.05) is 6.61 Å². The Morgan fingerprint density at radius 2 is 1.22 bits per heavy atom. The first-order chi connectivity index (χ1) is 19.8. The molecular formula is C30H56O11. The minimum Gasteiger partial charge on any atom is -0.394 e. The molecule has 0 unspecified atom stereocenters. The van der Waals surface area contributed by atoms with Crippen LogP contribution >= 0.6 is 0 Å². The second-order valence-corrected chi connectivity index (χ2v) is 11.4. The predicted molar refractivity (Wildman–Crippen MR) is 152 cm³/mol. The van der Waals surface area contributed by atoms with Crippen molar-refractivity contribution < 1.29 is 54.7 Å². The maximum Gasteiger partial charge on any atom is 0.224 e. The van der Waals surface area contributed by atoms with Crippen molar-refractivity contribution in [3.63, 3.8) is 0 Å². The van der Waals surface area contributed by atoms with Crippen LogP contribution < -0.4 is 0 Å². The van der Waals surface area contributed by atoms with E-state index in [1.807, 2.05) is 0 Å². The molecule has 242 valence electrons. The summed E-state index contributed by atoms with van der Waals surface area (Å²) in [5, 5.41) is 70.5. The van der Waals surface area contributed by atoms with Gasteiger partial charge in [-0.05, 0) is 32.1 Å². The summed E-state index contributed by atoms with van der Waals surface area (Å²) in [7, 11) is 0. The fraction of sp³-hybridized carbons (Fsp3) is 0.933.